The minimum absolute atomic E-state index is 0.829. The summed E-state index contributed by atoms with van der Waals surface area (Å²) >= 11 is 2.51. The maximum atomic E-state index is 5.54. The van der Waals surface area contributed by atoms with E-state index in [1.807, 2.05) is 6.07 Å². The Morgan fingerprint density at radius 1 is 1.55 bits per heavy atom. The van der Waals surface area contributed by atoms with Gasteiger partial charge in [-0.3, -0.25) is 4.98 Å². The van der Waals surface area contributed by atoms with Gasteiger partial charge in [0.2, 0.25) is 16.3 Å². The number of nitrogen functional groups attached to an aromatic ring is 1. The van der Waals surface area contributed by atoms with Gasteiger partial charge in [0.15, 0.2) is 0 Å². The summed E-state index contributed by atoms with van der Waals surface area (Å²) < 4.78 is 0.829. The van der Waals surface area contributed by atoms with Crippen LogP contribution in [-0.2, 0) is 0 Å². The van der Waals surface area contributed by atoms with Crippen LogP contribution in [0.2, 0.25) is 0 Å². The standard InChI is InChI=1S/C6H5N4.Al/c7-10-6-1-2-8-3-5(6)4-9-10;/h1-3H,7H2;. The molecule has 2 aromatic heterocycles. The topological polar surface area (TPSA) is 56.7 Å². The molecule has 2 aromatic rings. The zero-order chi connectivity index (χ0) is 7.84. The summed E-state index contributed by atoms with van der Waals surface area (Å²) in [6, 6.07) is 1.83. The number of nitrogens with zero attached hydrogens (tertiary/aromatic N) is 3. The Hall–Kier alpha value is -1.05. The van der Waals surface area contributed by atoms with Gasteiger partial charge in [-0.25, -0.2) is 0 Å². The number of pyridine rings is 1. The molecule has 4 nitrogen and oxygen atoms in total. The Morgan fingerprint density at radius 2 is 2.36 bits per heavy atom. The van der Waals surface area contributed by atoms with Crippen molar-refractivity contribution in [1.82, 2.24) is 14.9 Å². The van der Waals surface area contributed by atoms with E-state index in [1.54, 1.807) is 12.4 Å². The molecule has 0 atom stereocenters. The molecule has 2 rings (SSSR count). The first-order valence-corrected chi connectivity index (χ1v) is 3.70. The van der Waals surface area contributed by atoms with Gasteiger partial charge in [0.05, 0.1) is 5.52 Å². The van der Waals surface area contributed by atoms with Crippen molar-refractivity contribution in [2.24, 2.45) is 0 Å². The number of nitrogens with two attached hydrogens (primary N) is 1. The van der Waals surface area contributed by atoms with Crippen molar-refractivity contribution < 1.29 is 0 Å². The quantitative estimate of drug-likeness (QED) is 0.394. The first-order chi connectivity index (χ1) is 5.29. The van der Waals surface area contributed by atoms with Crippen LogP contribution in [-0.4, -0.2) is 31.2 Å². The number of aromatic nitrogens is 3. The Morgan fingerprint density at radius 3 is 3.09 bits per heavy atom. The molecule has 0 unspecified atom stereocenters. The second-order valence-electron chi connectivity index (χ2n) is 2.22. The van der Waals surface area contributed by atoms with Gasteiger partial charge in [0.1, 0.15) is 0 Å². The lowest BCUT2D eigenvalue weighted by Crippen LogP contribution is -2.14. The van der Waals surface area contributed by atoms with Crippen molar-refractivity contribution in [3.8, 4) is 0 Å². The monoisotopic (exact) mass is 160 g/mol. The van der Waals surface area contributed by atoms with Gasteiger partial charge in [-0.2, -0.15) is 9.89 Å². The number of hydrogen-bond acceptors (Lipinski definition) is 3. The van der Waals surface area contributed by atoms with Crippen LogP contribution in [0.1, 0.15) is 0 Å². The predicted molar refractivity (Wildman–Crippen MR) is 43.1 cm³/mol. The lowest BCUT2D eigenvalue weighted by molar-refractivity contribution is 0.874. The second kappa shape index (κ2) is 2.22. The fourth-order valence-electron chi connectivity index (χ4n) is 1.01. The lowest BCUT2D eigenvalue weighted by Gasteiger charge is -1.90. The van der Waals surface area contributed by atoms with Crippen molar-refractivity contribution in [3.05, 3.63) is 18.5 Å². The molecule has 0 fully saturated rings. The largest absolute Gasteiger partial charge is 0.323 e. The number of fused-ring (bicyclic) bond motifs is 1. The van der Waals surface area contributed by atoms with Crippen LogP contribution in [0.15, 0.2) is 18.5 Å². The molecule has 0 bridgehead atoms. The Bertz CT molecular complexity index is 358. The van der Waals surface area contributed by atoms with Gasteiger partial charge < -0.3 is 5.84 Å². The maximum Gasteiger partial charge on any atom is 0.214 e. The normalized spacial score (nSPS) is 10.5. The Kier molecular flexibility index (Phi) is 1.34. The van der Waals surface area contributed by atoms with Crippen LogP contribution in [0.5, 0.6) is 0 Å². The average Bonchev–Trinajstić information content (AvgIpc) is 2.30. The highest BCUT2D eigenvalue weighted by atomic mass is 27.0. The first-order valence-electron chi connectivity index (χ1n) is 3.12. The molecule has 0 spiro atoms. The van der Waals surface area contributed by atoms with E-state index in [9.17, 15) is 0 Å². The zero-order valence-electron chi connectivity index (χ0n) is 5.73. The summed E-state index contributed by atoms with van der Waals surface area (Å²) in [6.07, 6.45) is 3.44. The lowest BCUT2D eigenvalue weighted by atomic mass is 10.3. The van der Waals surface area contributed by atoms with Crippen LogP contribution in [0, 0.1) is 0 Å². The molecule has 0 saturated carbocycles. The van der Waals surface area contributed by atoms with Gasteiger partial charge in [-0.1, -0.05) is 0 Å². The average molecular weight is 160 g/mol. The molecular formula is C6H5AlN4. The fourth-order valence-corrected chi connectivity index (χ4v) is 1.35. The molecular weight excluding hydrogens is 155 g/mol. The summed E-state index contributed by atoms with van der Waals surface area (Å²) in [5.74, 6) is 5.54. The van der Waals surface area contributed by atoms with Gasteiger partial charge in [-0.15, -0.1) is 0 Å². The van der Waals surface area contributed by atoms with E-state index in [0.29, 0.717) is 0 Å². The molecule has 52 valence electrons. The SMILES string of the molecule is Nn1n[c]([Al])c2cnccc21. The van der Waals surface area contributed by atoms with Crippen molar-refractivity contribution in [2.45, 2.75) is 0 Å². The highest BCUT2D eigenvalue weighted by Gasteiger charge is 2.01. The molecule has 0 aliphatic carbocycles. The minimum Gasteiger partial charge on any atom is -0.323 e. The van der Waals surface area contributed by atoms with Crippen LogP contribution in [0.3, 0.4) is 0 Å². The van der Waals surface area contributed by atoms with Gasteiger partial charge >= 0.3 is 0 Å². The molecule has 0 amide bonds. The molecule has 11 heavy (non-hydrogen) atoms. The molecule has 0 aliphatic rings. The third-order valence-corrected chi connectivity index (χ3v) is 1.96. The van der Waals surface area contributed by atoms with Crippen molar-refractivity contribution in [1.29, 1.82) is 0 Å². The second-order valence-corrected chi connectivity index (χ2v) is 2.77. The summed E-state index contributed by atoms with van der Waals surface area (Å²) in [7, 11) is 0. The summed E-state index contributed by atoms with van der Waals surface area (Å²) in [5, 5.41) is 4.98. The number of rotatable bonds is 0. The Labute approximate surface area is 71.4 Å². The highest BCUT2D eigenvalue weighted by Crippen LogP contribution is 2.04. The maximum absolute atomic E-state index is 5.54. The molecule has 2 heterocycles. The van der Waals surface area contributed by atoms with E-state index in [1.165, 1.54) is 4.79 Å². The third-order valence-electron chi connectivity index (χ3n) is 1.54. The van der Waals surface area contributed by atoms with Crippen molar-refractivity contribution in [2.75, 3.05) is 5.84 Å². The Balaban J connectivity index is 2.95. The predicted octanol–water partition coefficient (Wildman–Crippen LogP) is -1.06. The third kappa shape index (κ3) is 0.898. The fraction of sp³-hybridized carbons (Fsp3) is 0. The van der Waals surface area contributed by atoms with Gasteiger partial charge in [-0.05, 0) is 10.6 Å². The van der Waals surface area contributed by atoms with E-state index < -0.39 is 0 Å². The molecule has 2 radical (unpaired) electrons. The molecule has 0 aromatic carbocycles. The van der Waals surface area contributed by atoms with E-state index in [-0.39, 0.29) is 0 Å². The molecule has 0 saturated heterocycles. The molecule has 5 heteroatoms. The summed E-state index contributed by atoms with van der Waals surface area (Å²) in [6.45, 7) is 0. The van der Waals surface area contributed by atoms with Crippen LogP contribution >= 0.6 is 0 Å². The van der Waals surface area contributed by atoms with Crippen molar-refractivity contribution in [3.63, 3.8) is 0 Å². The minimum atomic E-state index is 0.829. The van der Waals surface area contributed by atoms with E-state index in [0.717, 1.165) is 15.5 Å². The van der Waals surface area contributed by atoms with Gasteiger partial charge in [0, 0.05) is 17.8 Å². The van der Waals surface area contributed by atoms with Crippen molar-refractivity contribution >= 4 is 31.7 Å². The van der Waals surface area contributed by atoms with Crippen LogP contribution < -0.4 is 10.4 Å². The van der Waals surface area contributed by atoms with E-state index in [4.69, 9.17) is 5.84 Å². The van der Waals surface area contributed by atoms with Gasteiger partial charge in [0.25, 0.3) is 0 Å². The molecule has 0 aliphatic heterocycles. The van der Waals surface area contributed by atoms with E-state index >= 15 is 0 Å². The number of hydrogen-bond donors (Lipinski definition) is 1. The summed E-state index contributed by atoms with van der Waals surface area (Å²) in [4.78, 5) is 5.31. The smallest absolute Gasteiger partial charge is 0.214 e. The molecule has 2 N–H and O–H groups in total. The highest BCUT2D eigenvalue weighted by molar-refractivity contribution is 6.36. The van der Waals surface area contributed by atoms with Crippen LogP contribution in [0.4, 0.5) is 0 Å². The zero-order valence-corrected chi connectivity index (χ0v) is 6.88. The van der Waals surface area contributed by atoms with E-state index in [2.05, 4.69) is 26.4 Å². The first kappa shape index (κ1) is 6.65. The van der Waals surface area contributed by atoms with Crippen LogP contribution in [0.25, 0.3) is 10.9 Å². The summed E-state index contributed by atoms with van der Waals surface area (Å²) in [5.41, 5.74) is 0.894.